The monoisotopic (exact) mass is 317 g/mol. The molecule has 1 nitrogen and oxygen atoms in total. The Morgan fingerprint density at radius 2 is 1.68 bits per heavy atom. The van der Waals surface area contributed by atoms with Crippen LogP contribution in [-0.2, 0) is 0 Å². The Kier molecular flexibility index (Phi) is 4.43. The summed E-state index contributed by atoms with van der Waals surface area (Å²) in [5, 5.41) is 3.43. The Labute approximate surface area is 124 Å². The summed E-state index contributed by atoms with van der Waals surface area (Å²) < 4.78 is 1.19. The van der Waals surface area contributed by atoms with Gasteiger partial charge in [-0.25, -0.2) is 0 Å². The zero-order valence-electron chi connectivity index (χ0n) is 11.9. The lowest BCUT2D eigenvalue weighted by atomic mass is 9.93. The maximum atomic E-state index is 3.72. The van der Waals surface area contributed by atoms with E-state index in [2.05, 4.69) is 78.4 Å². The second-order valence-electron chi connectivity index (χ2n) is 5.06. The molecule has 1 unspecified atom stereocenters. The zero-order chi connectivity index (χ0) is 14.0. The first-order valence-electron chi connectivity index (χ1n) is 6.54. The summed E-state index contributed by atoms with van der Waals surface area (Å²) >= 11 is 3.72. The van der Waals surface area contributed by atoms with Gasteiger partial charge in [0.25, 0.3) is 0 Å². The molecule has 19 heavy (non-hydrogen) atoms. The van der Waals surface area contributed by atoms with Gasteiger partial charge in [-0.3, -0.25) is 0 Å². The molecule has 0 radical (unpaired) electrons. The molecule has 1 atom stereocenters. The molecule has 0 spiro atoms. The fraction of sp³-hybridized carbons (Fsp3) is 0.294. The fourth-order valence-electron chi connectivity index (χ4n) is 2.52. The third kappa shape index (κ3) is 2.90. The van der Waals surface area contributed by atoms with Crippen molar-refractivity contribution in [2.45, 2.75) is 26.8 Å². The van der Waals surface area contributed by atoms with Gasteiger partial charge in [0.2, 0.25) is 0 Å². The second-order valence-corrected chi connectivity index (χ2v) is 5.85. The second kappa shape index (κ2) is 5.89. The number of rotatable bonds is 3. The Morgan fingerprint density at radius 3 is 2.32 bits per heavy atom. The van der Waals surface area contributed by atoms with E-state index < -0.39 is 0 Å². The molecule has 2 aromatic rings. The van der Waals surface area contributed by atoms with Crippen molar-refractivity contribution in [3.63, 3.8) is 0 Å². The number of benzene rings is 2. The van der Waals surface area contributed by atoms with E-state index in [1.165, 1.54) is 32.3 Å². The van der Waals surface area contributed by atoms with E-state index in [0.717, 1.165) is 0 Å². The van der Waals surface area contributed by atoms with Crippen LogP contribution in [0.5, 0.6) is 0 Å². The SMILES string of the molecule is CNC(c1ccc(C)cc1C)c1cccc(C)c1Br. The number of aryl methyl sites for hydroxylation is 3. The minimum Gasteiger partial charge on any atom is -0.309 e. The van der Waals surface area contributed by atoms with Crippen molar-refractivity contribution in [3.05, 3.63) is 68.7 Å². The van der Waals surface area contributed by atoms with Crippen molar-refractivity contribution in [3.8, 4) is 0 Å². The van der Waals surface area contributed by atoms with Gasteiger partial charge in [-0.2, -0.15) is 0 Å². The molecule has 2 rings (SSSR count). The largest absolute Gasteiger partial charge is 0.309 e. The topological polar surface area (TPSA) is 12.0 Å². The summed E-state index contributed by atoms with van der Waals surface area (Å²) in [6.07, 6.45) is 0. The van der Waals surface area contributed by atoms with Crippen molar-refractivity contribution in [2.24, 2.45) is 0 Å². The molecular weight excluding hydrogens is 298 g/mol. The highest BCUT2D eigenvalue weighted by molar-refractivity contribution is 9.10. The minimum absolute atomic E-state index is 0.217. The molecule has 0 amide bonds. The van der Waals surface area contributed by atoms with Crippen LogP contribution in [0.25, 0.3) is 0 Å². The molecule has 0 bridgehead atoms. The van der Waals surface area contributed by atoms with Crippen molar-refractivity contribution in [2.75, 3.05) is 7.05 Å². The average Bonchev–Trinajstić information content (AvgIpc) is 2.37. The van der Waals surface area contributed by atoms with Gasteiger partial charge in [-0.05, 0) is 50.1 Å². The highest BCUT2D eigenvalue weighted by Crippen LogP contribution is 2.32. The lowest BCUT2D eigenvalue weighted by Gasteiger charge is -2.22. The number of hydrogen-bond acceptors (Lipinski definition) is 1. The van der Waals surface area contributed by atoms with E-state index in [9.17, 15) is 0 Å². The van der Waals surface area contributed by atoms with Crippen LogP contribution >= 0.6 is 15.9 Å². The van der Waals surface area contributed by atoms with E-state index in [-0.39, 0.29) is 6.04 Å². The lowest BCUT2D eigenvalue weighted by Crippen LogP contribution is -2.19. The molecule has 0 fully saturated rings. The third-order valence-corrected chi connectivity index (χ3v) is 4.64. The average molecular weight is 318 g/mol. The molecule has 0 heterocycles. The highest BCUT2D eigenvalue weighted by atomic mass is 79.9. The smallest absolute Gasteiger partial charge is 0.0588 e. The molecule has 2 heteroatoms. The first kappa shape index (κ1) is 14.3. The molecule has 2 aromatic carbocycles. The molecule has 0 aliphatic rings. The van der Waals surface area contributed by atoms with Crippen molar-refractivity contribution in [1.29, 1.82) is 0 Å². The fourth-order valence-corrected chi connectivity index (χ4v) is 3.01. The number of nitrogens with one attached hydrogen (secondary N) is 1. The van der Waals surface area contributed by atoms with Gasteiger partial charge in [0, 0.05) is 4.47 Å². The zero-order valence-corrected chi connectivity index (χ0v) is 13.5. The summed E-state index contributed by atoms with van der Waals surface area (Å²) in [5.41, 5.74) is 6.52. The van der Waals surface area contributed by atoms with Gasteiger partial charge in [0.05, 0.1) is 6.04 Å². The number of halogens is 1. The van der Waals surface area contributed by atoms with E-state index in [4.69, 9.17) is 0 Å². The van der Waals surface area contributed by atoms with Crippen LogP contribution in [0.4, 0.5) is 0 Å². The van der Waals surface area contributed by atoms with Crippen LogP contribution < -0.4 is 5.32 Å². The first-order chi connectivity index (χ1) is 9.04. The predicted octanol–water partition coefficient (Wildman–Crippen LogP) is 4.68. The van der Waals surface area contributed by atoms with Gasteiger partial charge < -0.3 is 5.32 Å². The molecule has 1 N–H and O–H groups in total. The molecule has 100 valence electrons. The lowest BCUT2D eigenvalue weighted by molar-refractivity contribution is 0.684. The minimum atomic E-state index is 0.217. The van der Waals surface area contributed by atoms with Crippen LogP contribution in [0.1, 0.15) is 33.9 Å². The Balaban J connectivity index is 2.53. The molecule has 0 aliphatic carbocycles. The summed E-state index contributed by atoms with van der Waals surface area (Å²) in [7, 11) is 2.01. The summed E-state index contributed by atoms with van der Waals surface area (Å²) in [4.78, 5) is 0. The maximum absolute atomic E-state index is 3.72. The van der Waals surface area contributed by atoms with Gasteiger partial charge >= 0.3 is 0 Å². The first-order valence-corrected chi connectivity index (χ1v) is 7.33. The van der Waals surface area contributed by atoms with Crippen LogP contribution in [0, 0.1) is 20.8 Å². The van der Waals surface area contributed by atoms with Crippen LogP contribution in [0.2, 0.25) is 0 Å². The Hall–Kier alpha value is -1.12. The summed E-state index contributed by atoms with van der Waals surface area (Å²) in [5.74, 6) is 0. The van der Waals surface area contributed by atoms with Crippen molar-refractivity contribution in [1.82, 2.24) is 5.32 Å². The molecule has 0 aliphatic heterocycles. The molecular formula is C17H20BrN. The summed E-state index contributed by atoms with van der Waals surface area (Å²) in [6, 6.07) is 13.3. The molecule has 0 saturated heterocycles. The quantitative estimate of drug-likeness (QED) is 0.866. The standard InChI is InChI=1S/C17H20BrN/c1-11-8-9-14(13(3)10-11)17(19-4)15-7-5-6-12(2)16(15)18/h5-10,17,19H,1-4H3. The van der Waals surface area contributed by atoms with Crippen LogP contribution in [0.15, 0.2) is 40.9 Å². The molecule has 0 saturated carbocycles. The Morgan fingerprint density at radius 1 is 0.947 bits per heavy atom. The van der Waals surface area contributed by atoms with E-state index in [0.29, 0.717) is 0 Å². The molecule has 0 aromatic heterocycles. The van der Waals surface area contributed by atoms with E-state index >= 15 is 0 Å². The maximum Gasteiger partial charge on any atom is 0.0588 e. The van der Waals surface area contributed by atoms with Crippen molar-refractivity contribution < 1.29 is 0 Å². The van der Waals surface area contributed by atoms with Gasteiger partial charge in [0.1, 0.15) is 0 Å². The van der Waals surface area contributed by atoms with Crippen LogP contribution in [0.3, 0.4) is 0 Å². The van der Waals surface area contributed by atoms with E-state index in [1.807, 2.05) is 7.05 Å². The van der Waals surface area contributed by atoms with Crippen LogP contribution in [-0.4, -0.2) is 7.05 Å². The predicted molar refractivity (Wildman–Crippen MR) is 85.7 cm³/mol. The van der Waals surface area contributed by atoms with Gasteiger partial charge in [-0.1, -0.05) is 57.9 Å². The van der Waals surface area contributed by atoms with Gasteiger partial charge in [0.15, 0.2) is 0 Å². The third-order valence-electron chi connectivity index (χ3n) is 3.56. The number of hydrogen-bond donors (Lipinski definition) is 1. The van der Waals surface area contributed by atoms with Gasteiger partial charge in [-0.15, -0.1) is 0 Å². The normalized spacial score (nSPS) is 12.5. The highest BCUT2D eigenvalue weighted by Gasteiger charge is 2.17. The Bertz CT molecular complexity index is 590. The summed E-state index contributed by atoms with van der Waals surface area (Å²) in [6.45, 7) is 6.44. The van der Waals surface area contributed by atoms with E-state index in [1.54, 1.807) is 0 Å². The van der Waals surface area contributed by atoms with Crippen molar-refractivity contribution >= 4 is 15.9 Å².